The largest absolute Gasteiger partial charge is 0.336 e. The van der Waals surface area contributed by atoms with E-state index in [9.17, 15) is 4.79 Å². The molecule has 0 spiro atoms. The molecule has 0 aromatic heterocycles. The van der Waals surface area contributed by atoms with Crippen molar-refractivity contribution < 1.29 is 4.79 Å². The Morgan fingerprint density at radius 3 is 2.42 bits per heavy atom. The van der Waals surface area contributed by atoms with Crippen LogP contribution >= 0.6 is 34.2 Å². The first-order valence-electron chi connectivity index (χ1n) is 6.47. The van der Waals surface area contributed by atoms with E-state index in [0.717, 1.165) is 35.3 Å². The summed E-state index contributed by atoms with van der Waals surface area (Å²) in [4.78, 5) is 16.7. The number of piperazine rings is 1. The van der Waals surface area contributed by atoms with Gasteiger partial charge < -0.3 is 4.90 Å². The average Bonchev–Trinajstić information content (AvgIpc) is 2.41. The first-order valence-corrected chi connectivity index (χ1v) is 7.93. The number of benzene rings is 1. The number of rotatable bonds is 2. The lowest BCUT2D eigenvalue weighted by molar-refractivity contribution is 0.0595. The van der Waals surface area contributed by atoms with Crippen LogP contribution in [0.25, 0.3) is 0 Å². The number of hydrogen-bond donors (Lipinski definition) is 0. The van der Waals surface area contributed by atoms with Gasteiger partial charge in [0.2, 0.25) is 0 Å². The van der Waals surface area contributed by atoms with Crippen molar-refractivity contribution in [2.75, 3.05) is 26.2 Å². The van der Waals surface area contributed by atoms with E-state index in [1.165, 1.54) is 0 Å². The molecule has 0 unspecified atom stereocenters. The summed E-state index contributed by atoms with van der Waals surface area (Å²) >= 11 is 8.14. The molecule has 1 heterocycles. The summed E-state index contributed by atoms with van der Waals surface area (Å²) in [5.74, 6) is 0.109. The summed E-state index contributed by atoms with van der Waals surface area (Å²) in [5.41, 5.74) is 0.729. The Kier molecular flexibility index (Phi) is 5.09. The molecule has 0 bridgehead atoms. The summed E-state index contributed by atoms with van der Waals surface area (Å²) in [7, 11) is 0. The lowest BCUT2D eigenvalue weighted by Gasteiger charge is -2.37. The monoisotopic (exact) mass is 392 g/mol. The van der Waals surface area contributed by atoms with E-state index >= 15 is 0 Å². The van der Waals surface area contributed by atoms with Crippen molar-refractivity contribution in [2.24, 2.45) is 0 Å². The van der Waals surface area contributed by atoms with E-state index in [4.69, 9.17) is 11.6 Å². The highest BCUT2D eigenvalue weighted by Crippen LogP contribution is 2.20. The molecule has 0 aliphatic carbocycles. The fraction of sp³-hybridized carbons (Fsp3) is 0.500. The van der Waals surface area contributed by atoms with Crippen molar-refractivity contribution in [2.45, 2.75) is 19.9 Å². The topological polar surface area (TPSA) is 23.6 Å². The van der Waals surface area contributed by atoms with E-state index in [0.29, 0.717) is 11.1 Å². The van der Waals surface area contributed by atoms with Crippen LogP contribution in [-0.2, 0) is 0 Å². The van der Waals surface area contributed by atoms with Crippen molar-refractivity contribution in [3.8, 4) is 0 Å². The summed E-state index contributed by atoms with van der Waals surface area (Å²) in [6.07, 6.45) is 0. The van der Waals surface area contributed by atoms with Crippen LogP contribution in [0.15, 0.2) is 18.2 Å². The van der Waals surface area contributed by atoms with Gasteiger partial charge in [0.05, 0.1) is 5.02 Å². The summed E-state index contributed by atoms with van der Waals surface area (Å²) in [6.45, 7) is 7.90. The molecular weight excluding hydrogens is 375 g/mol. The Balaban J connectivity index is 2.03. The zero-order valence-electron chi connectivity index (χ0n) is 11.2. The molecule has 0 N–H and O–H groups in total. The van der Waals surface area contributed by atoms with Gasteiger partial charge in [0.15, 0.2) is 0 Å². The molecule has 104 valence electrons. The van der Waals surface area contributed by atoms with E-state index in [2.05, 4.69) is 41.3 Å². The first-order chi connectivity index (χ1) is 8.99. The predicted molar refractivity (Wildman–Crippen MR) is 86.8 cm³/mol. The average molecular weight is 393 g/mol. The van der Waals surface area contributed by atoms with Gasteiger partial charge in [-0.1, -0.05) is 11.6 Å². The highest BCUT2D eigenvalue weighted by atomic mass is 127. The quantitative estimate of drug-likeness (QED) is 0.722. The van der Waals surface area contributed by atoms with Gasteiger partial charge >= 0.3 is 0 Å². The van der Waals surface area contributed by atoms with Crippen LogP contribution in [0.5, 0.6) is 0 Å². The minimum atomic E-state index is 0.109. The van der Waals surface area contributed by atoms with Gasteiger partial charge in [0.25, 0.3) is 5.91 Å². The second kappa shape index (κ2) is 6.41. The highest BCUT2D eigenvalue weighted by Gasteiger charge is 2.23. The normalized spacial score (nSPS) is 17.0. The second-order valence-corrected chi connectivity index (χ2v) is 6.62. The molecule has 1 aromatic carbocycles. The molecule has 0 atom stereocenters. The summed E-state index contributed by atoms with van der Waals surface area (Å²) in [6, 6.07) is 6.01. The maximum Gasteiger partial charge on any atom is 0.253 e. The molecule has 1 saturated heterocycles. The minimum absolute atomic E-state index is 0.109. The second-order valence-electron chi connectivity index (χ2n) is 5.05. The Bertz CT molecular complexity index is 471. The molecule has 1 amide bonds. The minimum Gasteiger partial charge on any atom is -0.336 e. The molecule has 1 aromatic rings. The molecule has 5 heteroatoms. The van der Waals surface area contributed by atoms with Crippen molar-refractivity contribution in [1.29, 1.82) is 0 Å². The Hall–Kier alpha value is -0.330. The molecular formula is C14H18ClIN2O. The third-order valence-electron chi connectivity index (χ3n) is 3.50. The van der Waals surface area contributed by atoms with Crippen LogP contribution in [0.1, 0.15) is 24.2 Å². The first kappa shape index (κ1) is 15.1. The Labute approximate surface area is 133 Å². The highest BCUT2D eigenvalue weighted by molar-refractivity contribution is 14.1. The van der Waals surface area contributed by atoms with Gasteiger partial charge in [-0.05, 0) is 54.6 Å². The van der Waals surface area contributed by atoms with E-state index in [1.54, 1.807) is 6.07 Å². The van der Waals surface area contributed by atoms with Crippen molar-refractivity contribution in [3.05, 3.63) is 32.4 Å². The number of carbonyl (C=O) groups is 1. The van der Waals surface area contributed by atoms with Crippen molar-refractivity contribution in [3.63, 3.8) is 0 Å². The van der Waals surface area contributed by atoms with Gasteiger partial charge in [0, 0.05) is 41.4 Å². The molecule has 1 aliphatic rings. The molecule has 19 heavy (non-hydrogen) atoms. The van der Waals surface area contributed by atoms with Crippen molar-refractivity contribution >= 4 is 40.1 Å². The lowest BCUT2D eigenvalue weighted by Crippen LogP contribution is -2.50. The summed E-state index contributed by atoms with van der Waals surface area (Å²) < 4.78 is 0.922. The van der Waals surface area contributed by atoms with Crippen LogP contribution in [0.4, 0.5) is 0 Å². The fourth-order valence-corrected chi connectivity index (χ4v) is 2.89. The number of nitrogens with zero attached hydrogens (tertiary/aromatic N) is 2. The third kappa shape index (κ3) is 3.61. The molecule has 3 nitrogen and oxygen atoms in total. The fourth-order valence-electron chi connectivity index (χ4n) is 2.25. The molecule has 0 saturated carbocycles. The van der Waals surface area contributed by atoms with Crippen LogP contribution < -0.4 is 0 Å². The molecule has 1 aliphatic heterocycles. The zero-order chi connectivity index (χ0) is 14.0. The van der Waals surface area contributed by atoms with Gasteiger partial charge in [-0.2, -0.15) is 0 Å². The predicted octanol–water partition coefficient (Wildman–Crippen LogP) is 3.11. The Morgan fingerprint density at radius 2 is 1.89 bits per heavy atom. The van der Waals surface area contributed by atoms with E-state index < -0.39 is 0 Å². The molecule has 2 rings (SSSR count). The standard InChI is InChI=1S/C14H18ClIN2O/c1-10(2)17-5-7-18(8-6-17)14(19)11-3-4-12(15)13(16)9-11/h3-4,9-10H,5-8H2,1-2H3. The van der Waals surface area contributed by atoms with E-state index in [1.807, 2.05) is 17.0 Å². The zero-order valence-corrected chi connectivity index (χ0v) is 14.1. The van der Waals surface area contributed by atoms with Crippen LogP contribution in [0.2, 0.25) is 5.02 Å². The van der Waals surface area contributed by atoms with Crippen molar-refractivity contribution in [1.82, 2.24) is 9.80 Å². The van der Waals surface area contributed by atoms with Gasteiger partial charge in [-0.3, -0.25) is 9.69 Å². The molecule has 1 fully saturated rings. The number of carbonyl (C=O) groups excluding carboxylic acids is 1. The van der Waals surface area contributed by atoms with Gasteiger partial charge in [0.1, 0.15) is 0 Å². The number of amides is 1. The summed E-state index contributed by atoms with van der Waals surface area (Å²) in [5, 5.41) is 0.696. The number of halogens is 2. The van der Waals surface area contributed by atoms with E-state index in [-0.39, 0.29) is 5.91 Å². The molecule has 0 radical (unpaired) electrons. The SMILES string of the molecule is CC(C)N1CCN(C(=O)c2ccc(Cl)c(I)c2)CC1. The third-order valence-corrected chi connectivity index (χ3v) is 5.04. The van der Waals surface area contributed by atoms with Gasteiger partial charge in [-0.15, -0.1) is 0 Å². The van der Waals surface area contributed by atoms with Gasteiger partial charge in [-0.25, -0.2) is 0 Å². The number of hydrogen-bond acceptors (Lipinski definition) is 2. The maximum atomic E-state index is 12.4. The smallest absolute Gasteiger partial charge is 0.253 e. The van der Waals surface area contributed by atoms with Crippen LogP contribution in [0.3, 0.4) is 0 Å². The van der Waals surface area contributed by atoms with Crippen LogP contribution in [0, 0.1) is 3.57 Å². The Morgan fingerprint density at radius 1 is 1.26 bits per heavy atom. The lowest BCUT2D eigenvalue weighted by atomic mass is 10.1. The van der Waals surface area contributed by atoms with Crippen LogP contribution in [-0.4, -0.2) is 47.9 Å². The maximum absolute atomic E-state index is 12.4.